The molecule has 0 heterocycles. The van der Waals surface area contributed by atoms with Crippen molar-refractivity contribution in [2.24, 2.45) is 0 Å². The molecule has 1 N–H and O–H groups in total. The lowest BCUT2D eigenvalue weighted by molar-refractivity contribution is -0.135. The lowest BCUT2D eigenvalue weighted by atomic mass is 10.3. The van der Waals surface area contributed by atoms with Gasteiger partial charge in [0.15, 0.2) is 11.5 Å². The fraction of sp³-hybridized carbons (Fsp3) is 0.278. The van der Waals surface area contributed by atoms with Gasteiger partial charge in [0.2, 0.25) is 0 Å². The highest BCUT2D eigenvalue weighted by atomic mass is 16.5. The van der Waals surface area contributed by atoms with Crippen LogP contribution in [0.2, 0.25) is 0 Å². The number of anilines is 1. The first kappa shape index (κ1) is 16.7. The van der Waals surface area contributed by atoms with E-state index in [9.17, 15) is 4.79 Å². The molecular formula is C18H21NO4. The van der Waals surface area contributed by atoms with Crippen LogP contribution < -0.4 is 14.4 Å². The number of ether oxygens (including phenoxy) is 2. The molecule has 0 saturated carbocycles. The number of carbonyl (C=O) groups is 1. The number of nitrogens with zero attached hydrogens (tertiary/aromatic N) is 1. The lowest BCUT2D eigenvalue weighted by Crippen LogP contribution is -2.33. The molecule has 0 saturated heterocycles. The Kier molecular flexibility index (Phi) is 6.29. The topological polar surface area (TPSA) is 59.0 Å². The molecule has 2 aromatic rings. The smallest absolute Gasteiger partial charge is 0.323 e. The third-order valence-electron chi connectivity index (χ3n) is 3.22. The van der Waals surface area contributed by atoms with Gasteiger partial charge in [-0.05, 0) is 31.2 Å². The molecule has 0 aliphatic heterocycles. The molecule has 0 amide bonds. The van der Waals surface area contributed by atoms with Crippen LogP contribution in [-0.4, -0.2) is 37.4 Å². The van der Waals surface area contributed by atoms with Crippen molar-refractivity contribution in [1.82, 2.24) is 0 Å². The number of benzene rings is 2. The molecule has 0 aliphatic carbocycles. The minimum absolute atomic E-state index is 0.0690. The molecule has 0 atom stereocenters. The zero-order chi connectivity index (χ0) is 16.5. The van der Waals surface area contributed by atoms with E-state index in [1.807, 2.05) is 61.5 Å². The summed E-state index contributed by atoms with van der Waals surface area (Å²) < 4.78 is 11.3. The number of para-hydroxylation sites is 3. The quantitative estimate of drug-likeness (QED) is 0.770. The average molecular weight is 315 g/mol. The predicted molar refractivity (Wildman–Crippen MR) is 89.4 cm³/mol. The van der Waals surface area contributed by atoms with Crippen molar-refractivity contribution >= 4 is 11.7 Å². The van der Waals surface area contributed by atoms with E-state index in [0.717, 1.165) is 5.69 Å². The maximum atomic E-state index is 11.1. The second-order valence-electron chi connectivity index (χ2n) is 4.88. The number of hydrogen-bond donors (Lipinski definition) is 1. The van der Waals surface area contributed by atoms with Crippen LogP contribution in [0.25, 0.3) is 0 Å². The van der Waals surface area contributed by atoms with Crippen LogP contribution in [0.15, 0.2) is 54.6 Å². The molecule has 0 fully saturated rings. The maximum absolute atomic E-state index is 11.1. The van der Waals surface area contributed by atoms with Gasteiger partial charge in [-0.25, -0.2) is 0 Å². The maximum Gasteiger partial charge on any atom is 0.323 e. The Morgan fingerprint density at radius 3 is 2.22 bits per heavy atom. The summed E-state index contributed by atoms with van der Waals surface area (Å²) in [5, 5.41) is 9.07. The molecule has 2 aromatic carbocycles. The fourth-order valence-electron chi connectivity index (χ4n) is 2.21. The molecule has 2 rings (SSSR count). The first-order valence-corrected chi connectivity index (χ1v) is 7.57. The number of aliphatic carboxylic acids is 1. The molecular weight excluding hydrogens is 294 g/mol. The van der Waals surface area contributed by atoms with Gasteiger partial charge in [0.1, 0.15) is 13.2 Å². The molecule has 5 nitrogen and oxygen atoms in total. The summed E-state index contributed by atoms with van der Waals surface area (Å²) in [6.07, 6.45) is 0. The largest absolute Gasteiger partial charge is 0.490 e. The lowest BCUT2D eigenvalue weighted by Gasteiger charge is -2.23. The zero-order valence-electron chi connectivity index (χ0n) is 13.1. The van der Waals surface area contributed by atoms with E-state index in [-0.39, 0.29) is 6.54 Å². The Morgan fingerprint density at radius 1 is 1.00 bits per heavy atom. The van der Waals surface area contributed by atoms with Crippen LogP contribution in [0.5, 0.6) is 11.5 Å². The highest BCUT2D eigenvalue weighted by Gasteiger charge is 2.11. The van der Waals surface area contributed by atoms with Crippen LogP contribution in [0.3, 0.4) is 0 Å². The average Bonchev–Trinajstić information content (AvgIpc) is 2.56. The van der Waals surface area contributed by atoms with Crippen LogP contribution >= 0.6 is 0 Å². The number of carboxylic acid groups (broad SMARTS) is 1. The van der Waals surface area contributed by atoms with Gasteiger partial charge in [-0.2, -0.15) is 0 Å². The highest BCUT2D eigenvalue weighted by Crippen LogP contribution is 2.26. The summed E-state index contributed by atoms with van der Waals surface area (Å²) in [7, 11) is 0. The van der Waals surface area contributed by atoms with Gasteiger partial charge < -0.3 is 19.5 Å². The Balaban J connectivity index is 1.98. The standard InChI is InChI=1S/C18H21NO4/c1-2-22-16-10-6-7-11-17(16)23-13-12-19(14-18(20)21)15-8-4-3-5-9-15/h3-11H,2,12-14H2,1H3,(H,20,21). The van der Waals surface area contributed by atoms with Gasteiger partial charge in [0.25, 0.3) is 0 Å². The molecule has 0 aliphatic rings. The third-order valence-corrected chi connectivity index (χ3v) is 3.22. The summed E-state index contributed by atoms with van der Waals surface area (Å²) >= 11 is 0. The predicted octanol–water partition coefficient (Wildman–Crippen LogP) is 3.06. The van der Waals surface area contributed by atoms with Crippen molar-refractivity contribution in [2.45, 2.75) is 6.92 Å². The molecule has 23 heavy (non-hydrogen) atoms. The van der Waals surface area contributed by atoms with Gasteiger partial charge >= 0.3 is 5.97 Å². The number of carboxylic acids is 1. The van der Waals surface area contributed by atoms with E-state index in [4.69, 9.17) is 14.6 Å². The van der Waals surface area contributed by atoms with Crippen LogP contribution in [-0.2, 0) is 4.79 Å². The molecule has 0 unspecified atom stereocenters. The second-order valence-corrected chi connectivity index (χ2v) is 4.88. The monoisotopic (exact) mass is 315 g/mol. The second kappa shape index (κ2) is 8.68. The van der Waals surface area contributed by atoms with Crippen molar-refractivity contribution in [1.29, 1.82) is 0 Å². The molecule has 0 aromatic heterocycles. The fourth-order valence-corrected chi connectivity index (χ4v) is 2.21. The third kappa shape index (κ3) is 5.21. The summed E-state index contributed by atoms with van der Waals surface area (Å²) in [4.78, 5) is 12.8. The van der Waals surface area contributed by atoms with Gasteiger partial charge in [-0.3, -0.25) is 4.79 Å². The normalized spacial score (nSPS) is 10.1. The molecule has 122 valence electrons. The van der Waals surface area contributed by atoms with Gasteiger partial charge in [0, 0.05) is 5.69 Å². The van der Waals surface area contributed by atoms with Crippen LogP contribution in [0.1, 0.15) is 6.92 Å². The minimum atomic E-state index is -0.872. The van der Waals surface area contributed by atoms with Gasteiger partial charge in [-0.15, -0.1) is 0 Å². The van der Waals surface area contributed by atoms with E-state index in [1.165, 1.54) is 0 Å². The number of rotatable bonds is 9. The molecule has 0 bridgehead atoms. The summed E-state index contributed by atoms with van der Waals surface area (Å²) in [6, 6.07) is 16.9. The van der Waals surface area contributed by atoms with E-state index >= 15 is 0 Å². The zero-order valence-corrected chi connectivity index (χ0v) is 13.1. The summed E-state index contributed by atoms with van der Waals surface area (Å²) in [5.74, 6) is 0.487. The highest BCUT2D eigenvalue weighted by molar-refractivity contribution is 5.73. The van der Waals surface area contributed by atoms with Crippen molar-refractivity contribution in [3.8, 4) is 11.5 Å². The van der Waals surface area contributed by atoms with Crippen LogP contribution in [0.4, 0.5) is 5.69 Å². The Bertz CT molecular complexity index is 615. The molecule has 5 heteroatoms. The minimum Gasteiger partial charge on any atom is -0.490 e. The van der Waals surface area contributed by atoms with Gasteiger partial charge in [0.05, 0.1) is 13.2 Å². The Morgan fingerprint density at radius 2 is 1.61 bits per heavy atom. The summed E-state index contributed by atoms with van der Waals surface area (Å²) in [5.41, 5.74) is 0.858. The Labute approximate surface area is 136 Å². The van der Waals surface area contributed by atoms with E-state index < -0.39 is 5.97 Å². The van der Waals surface area contributed by atoms with E-state index in [1.54, 1.807) is 4.90 Å². The van der Waals surface area contributed by atoms with Crippen molar-refractivity contribution in [3.05, 3.63) is 54.6 Å². The summed E-state index contributed by atoms with van der Waals surface area (Å²) in [6.45, 7) is 3.25. The van der Waals surface area contributed by atoms with E-state index in [0.29, 0.717) is 31.3 Å². The molecule has 0 radical (unpaired) electrons. The number of hydrogen-bond acceptors (Lipinski definition) is 4. The van der Waals surface area contributed by atoms with Crippen molar-refractivity contribution < 1.29 is 19.4 Å². The SMILES string of the molecule is CCOc1ccccc1OCCN(CC(=O)O)c1ccccc1. The molecule has 0 spiro atoms. The van der Waals surface area contributed by atoms with Crippen LogP contribution in [0, 0.1) is 0 Å². The first-order chi connectivity index (χ1) is 11.2. The van der Waals surface area contributed by atoms with Gasteiger partial charge in [-0.1, -0.05) is 30.3 Å². The van der Waals surface area contributed by atoms with Crippen molar-refractivity contribution in [2.75, 3.05) is 31.2 Å². The van der Waals surface area contributed by atoms with Crippen molar-refractivity contribution in [3.63, 3.8) is 0 Å². The Hall–Kier alpha value is -2.69. The first-order valence-electron chi connectivity index (χ1n) is 7.57. The van der Waals surface area contributed by atoms with E-state index in [2.05, 4.69) is 0 Å².